The molecule has 0 spiro atoms. The lowest BCUT2D eigenvalue weighted by Gasteiger charge is -2.13. The molecule has 2 atom stereocenters. The quantitative estimate of drug-likeness (QED) is 0.775. The van der Waals surface area contributed by atoms with E-state index in [0.29, 0.717) is 18.0 Å². The predicted octanol–water partition coefficient (Wildman–Crippen LogP) is 2.17. The van der Waals surface area contributed by atoms with Crippen molar-refractivity contribution in [1.29, 1.82) is 0 Å². The van der Waals surface area contributed by atoms with Crippen LogP contribution < -0.4 is 5.32 Å². The summed E-state index contributed by atoms with van der Waals surface area (Å²) in [6.45, 7) is 5.42. The van der Waals surface area contributed by atoms with Crippen molar-refractivity contribution in [1.82, 2.24) is 5.32 Å². The standard InChI is InChI=1S/C13H16FNO/c1-8-3-10(5-11(14)4-8)13(16)12-7-15-6-9(12)2/h3-5,9,12,15H,6-7H2,1-2H3. The highest BCUT2D eigenvalue weighted by molar-refractivity contribution is 5.98. The van der Waals surface area contributed by atoms with Crippen molar-refractivity contribution in [2.75, 3.05) is 13.1 Å². The first-order valence-corrected chi connectivity index (χ1v) is 5.60. The Kier molecular flexibility index (Phi) is 3.06. The number of hydrogen-bond donors (Lipinski definition) is 1. The van der Waals surface area contributed by atoms with Crippen LogP contribution in [0.2, 0.25) is 0 Å². The molecule has 0 amide bonds. The van der Waals surface area contributed by atoms with Crippen molar-refractivity contribution in [2.45, 2.75) is 13.8 Å². The highest BCUT2D eigenvalue weighted by atomic mass is 19.1. The number of Topliss-reactive ketones (excluding diaryl/α,β-unsaturated/α-hetero) is 1. The Morgan fingerprint density at radius 3 is 2.69 bits per heavy atom. The molecule has 2 unspecified atom stereocenters. The molecule has 1 N–H and O–H groups in total. The van der Waals surface area contributed by atoms with E-state index in [9.17, 15) is 9.18 Å². The Labute approximate surface area is 94.9 Å². The van der Waals surface area contributed by atoms with E-state index >= 15 is 0 Å². The maximum atomic E-state index is 13.2. The van der Waals surface area contributed by atoms with E-state index in [1.165, 1.54) is 12.1 Å². The third-order valence-corrected chi connectivity index (χ3v) is 3.18. The second-order valence-electron chi connectivity index (χ2n) is 4.62. The Hall–Kier alpha value is -1.22. The summed E-state index contributed by atoms with van der Waals surface area (Å²) in [6, 6.07) is 4.53. The Morgan fingerprint density at radius 1 is 1.38 bits per heavy atom. The average molecular weight is 221 g/mol. The zero-order chi connectivity index (χ0) is 11.7. The largest absolute Gasteiger partial charge is 0.316 e. The number of hydrogen-bond acceptors (Lipinski definition) is 2. The van der Waals surface area contributed by atoms with Gasteiger partial charge in [-0.15, -0.1) is 0 Å². The maximum absolute atomic E-state index is 13.2. The van der Waals surface area contributed by atoms with Gasteiger partial charge >= 0.3 is 0 Å². The molecule has 3 heteroatoms. The van der Waals surface area contributed by atoms with Crippen molar-refractivity contribution >= 4 is 5.78 Å². The van der Waals surface area contributed by atoms with Gasteiger partial charge < -0.3 is 5.32 Å². The van der Waals surface area contributed by atoms with E-state index in [2.05, 4.69) is 12.2 Å². The van der Waals surface area contributed by atoms with E-state index in [1.54, 1.807) is 13.0 Å². The Morgan fingerprint density at radius 2 is 2.12 bits per heavy atom. The van der Waals surface area contributed by atoms with E-state index in [-0.39, 0.29) is 17.5 Å². The normalized spacial score (nSPS) is 24.7. The molecule has 0 aliphatic carbocycles. The lowest BCUT2D eigenvalue weighted by molar-refractivity contribution is 0.0907. The van der Waals surface area contributed by atoms with Gasteiger partial charge in [0.2, 0.25) is 0 Å². The van der Waals surface area contributed by atoms with Crippen LogP contribution in [0.3, 0.4) is 0 Å². The zero-order valence-electron chi connectivity index (χ0n) is 9.59. The molecule has 2 rings (SSSR count). The monoisotopic (exact) mass is 221 g/mol. The van der Waals surface area contributed by atoms with Crippen LogP contribution in [0.25, 0.3) is 0 Å². The van der Waals surface area contributed by atoms with Crippen LogP contribution in [0.1, 0.15) is 22.8 Å². The highest BCUT2D eigenvalue weighted by Crippen LogP contribution is 2.22. The number of ketones is 1. The number of aryl methyl sites for hydroxylation is 1. The molecule has 0 bridgehead atoms. The fourth-order valence-corrected chi connectivity index (χ4v) is 2.25. The van der Waals surface area contributed by atoms with Gasteiger partial charge in [0, 0.05) is 18.0 Å². The third kappa shape index (κ3) is 2.14. The molecule has 1 fully saturated rings. The second-order valence-corrected chi connectivity index (χ2v) is 4.62. The predicted molar refractivity (Wildman–Crippen MR) is 61.0 cm³/mol. The molecule has 16 heavy (non-hydrogen) atoms. The third-order valence-electron chi connectivity index (χ3n) is 3.18. The molecular weight excluding hydrogens is 205 g/mol. The Balaban J connectivity index is 2.26. The lowest BCUT2D eigenvalue weighted by Crippen LogP contribution is -2.21. The van der Waals surface area contributed by atoms with Crippen molar-refractivity contribution in [3.05, 3.63) is 35.1 Å². The fraction of sp³-hybridized carbons (Fsp3) is 0.462. The van der Waals surface area contributed by atoms with Crippen LogP contribution in [-0.4, -0.2) is 18.9 Å². The number of carbonyl (C=O) groups excluding carboxylic acids is 1. The minimum Gasteiger partial charge on any atom is -0.316 e. The van der Waals surface area contributed by atoms with Crippen LogP contribution in [0.5, 0.6) is 0 Å². The molecule has 1 aromatic rings. The number of halogens is 1. The van der Waals surface area contributed by atoms with Crippen LogP contribution in [-0.2, 0) is 0 Å². The minimum absolute atomic E-state index is 0.0128. The molecule has 1 saturated heterocycles. The van der Waals surface area contributed by atoms with Gasteiger partial charge in [-0.2, -0.15) is 0 Å². The first kappa shape index (κ1) is 11.3. The summed E-state index contributed by atoms with van der Waals surface area (Å²) in [5.41, 5.74) is 1.29. The van der Waals surface area contributed by atoms with Crippen molar-refractivity contribution < 1.29 is 9.18 Å². The number of nitrogens with one attached hydrogen (secondary N) is 1. The summed E-state index contributed by atoms with van der Waals surface area (Å²) < 4.78 is 13.2. The van der Waals surface area contributed by atoms with Crippen LogP contribution in [0.4, 0.5) is 4.39 Å². The summed E-state index contributed by atoms with van der Waals surface area (Å²) in [6.07, 6.45) is 0. The lowest BCUT2D eigenvalue weighted by atomic mass is 9.89. The van der Waals surface area contributed by atoms with E-state index in [0.717, 1.165) is 12.1 Å². The van der Waals surface area contributed by atoms with E-state index in [4.69, 9.17) is 0 Å². The minimum atomic E-state index is -0.332. The van der Waals surface area contributed by atoms with Gasteiger partial charge in [0.15, 0.2) is 5.78 Å². The number of rotatable bonds is 2. The molecule has 1 aliphatic heterocycles. The molecule has 1 aliphatic rings. The molecule has 1 aromatic carbocycles. The molecular formula is C13H16FNO. The number of carbonyl (C=O) groups is 1. The molecule has 86 valence electrons. The topological polar surface area (TPSA) is 29.1 Å². The Bertz CT molecular complexity index is 396. The van der Waals surface area contributed by atoms with Crippen molar-refractivity contribution in [3.63, 3.8) is 0 Å². The molecule has 2 nitrogen and oxygen atoms in total. The maximum Gasteiger partial charge on any atom is 0.167 e. The highest BCUT2D eigenvalue weighted by Gasteiger charge is 2.30. The van der Waals surface area contributed by atoms with Crippen LogP contribution in [0.15, 0.2) is 18.2 Å². The van der Waals surface area contributed by atoms with Gasteiger partial charge in [-0.3, -0.25) is 4.79 Å². The summed E-state index contributed by atoms with van der Waals surface area (Å²) in [4.78, 5) is 12.2. The molecule has 0 radical (unpaired) electrons. The SMILES string of the molecule is Cc1cc(F)cc(C(=O)C2CNCC2C)c1. The molecule has 1 heterocycles. The smallest absolute Gasteiger partial charge is 0.167 e. The second kappa shape index (κ2) is 4.34. The molecule has 0 saturated carbocycles. The van der Waals surface area contributed by atoms with Gasteiger partial charge in [-0.1, -0.05) is 6.92 Å². The fourth-order valence-electron chi connectivity index (χ4n) is 2.25. The van der Waals surface area contributed by atoms with Crippen molar-refractivity contribution in [3.8, 4) is 0 Å². The van der Waals surface area contributed by atoms with E-state index < -0.39 is 0 Å². The summed E-state index contributed by atoms with van der Waals surface area (Å²) >= 11 is 0. The van der Waals surface area contributed by atoms with Crippen LogP contribution >= 0.6 is 0 Å². The summed E-state index contributed by atoms with van der Waals surface area (Å²) in [5.74, 6) is 0.0410. The molecule has 0 aromatic heterocycles. The van der Waals surface area contributed by atoms with Gasteiger partial charge in [0.1, 0.15) is 5.82 Å². The van der Waals surface area contributed by atoms with Crippen molar-refractivity contribution in [2.24, 2.45) is 11.8 Å². The van der Waals surface area contributed by atoms with Gasteiger partial charge in [0.05, 0.1) is 0 Å². The van der Waals surface area contributed by atoms with Gasteiger partial charge in [-0.25, -0.2) is 4.39 Å². The first-order valence-electron chi connectivity index (χ1n) is 5.60. The zero-order valence-corrected chi connectivity index (χ0v) is 9.59. The van der Waals surface area contributed by atoms with Gasteiger partial charge in [-0.05, 0) is 43.1 Å². The average Bonchev–Trinajstić information content (AvgIpc) is 2.62. The first-order chi connectivity index (χ1) is 7.58. The summed E-state index contributed by atoms with van der Waals surface area (Å²) in [7, 11) is 0. The summed E-state index contributed by atoms with van der Waals surface area (Å²) in [5, 5.41) is 3.19. The van der Waals surface area contributed by atoms with E-state index in [1.807, 2.05) is 0 Å². The van der Waals surface area contributed by atoms with Crippen LogP contribution in [0, 0.1) is 24.6 Å². The van der Waals surface area contributed by atoms with Gasteiger partial charge in [0.25, 0.3) is 0 Å². The number of benzene rings is 1.